The number of piperidine rings is 2. The molecular formula is C19H34N4OS. The van der Waals surface area contributed by atoms with E-state index in [1.54, 1.807) is 0 Å². The van der Waals surface area contributed by atoms with Crippen LogP contribution in [0.15, 0.2) is 6.20 Å². The Bertz CT molecular complexity index is 527. The number of hydrogen-bond acceptors (Lipinski definition) is 5. The molecule has 0 saturated carbocycles. The van der Waals surface area contributed by atoms with E-state index < -0.39 is 0 Å². The summed E-state index contributed by atoms with van der Waals surface area (Å²) in [4.78, 5) is 12.9. The van der Waals surface area contributed by atoms with Crippen LogP contribution in [0.25, 0.3) is 0 Å². The van der Waals surface area contributed by atoms with Crippen molar-refractivity contribution in [1.82, 2.24) is 19.8 Å². The van der Waals surface area contributed by atoms with Crippen LogP contribution in [0.2, 0.25) is 0 Å². The van der Waals surface area contributed by atoms with Crippen molar-refractivity contribution in [2.24, 2.45) is 11.3 Å². The van der Waals surface area contributed by atoms with Gasteiger partial charge in [-0.15, -0.1) is 0 Å². The van der Waals surface area contributed by atoms with E-state index in [2.05, 4.69) is 26.0 Å². The predicted octanol–water partition coefficient (Wildman–Crippen LogP) is 2.37. The number of nitrogens with zero attached hydrogens (tertiary/aromatic N) is 3. The minimum absolute atomic E-state index is 0.320. The maximum atomic E-state index is 10.1. The summed E-state index contributed by atoms with van der Waals surface area (Å²) in [6.07, 6.45) is 9.12. The minimum atomic E-state index is 0.320. The Labute approximate surface area is 156 Å². The third kappa shape index (κ3) is 4.79. The van der Waals surface area contributed by atoms with Crippen molar-refractivity contribution >= 4 is 11.8 Å². The molecule has 2 aliphatic heterocycles. The van der Waals surface area contributed by atoms with Gasteiger partial charge in [0.05, 0.1) is 6.54 Å². The molecule has 25 heavy (non-hydrogen) atoms. The van der Waals surface area contributed by atoms with E-state index >= 15 is 0 Å². The Morgan fingerprint density at radius 1 is 1.28 bits per heavy atom. The van der Waals surface area contributed by atoms with Gasteiger partial charge in [0.2, 0.25) is 0 Å². The summed E-state index contributed by atoms with van der Waals surface area (Å²) >= 11 is 1.95. The smallest absolute Gasteiger partial charge is 0.120 e. The van der Waals surface area contributed by atoms with Gasteiger partial charge < -0.3 is 15.0 Å². The molecule has 2 saturated heterocycles. The zero-order chi connectivity index (χ0) is 17.7. The van der Waals surface area contributed by atoms with E-state index in [0.29, 0.717) is 17.9 Å². The second-order valence-electron chi connectivity index (χ2n) is 7.93. The average molecular weight is 367 g/mol. The summed E-state index contributed by atoms with van der Waals surface area (Å²) < 4.78 is 0. The molecule has 2 aliphatic rings. The number of aryl methyl sites for hydroxylation is 1. The van der Waals surface area contributed by atoms with E-state index in [1.807, 2.05) is 24.9 Å². The summed E-state index contributed by atoms with van der Waals surface area (Å²) in [5.41, 5.74) is 1.48. The van der Waals surface area contributed by atoms with Crippen molar-refractivity contribution in [1.29, 1.82) is 0 Å². The molecule has 0 aromatic carbocycles. The summed E-state index contributed by atoms with van der Waals surface area (Å²) in [6.45, 7) is 9.03. The number of imidazole rings is 1. The van der Waals surface area contributed by atoms with Gasteiger partial charge in [0.1, 0.15) is 5.82 Å². The van der Waals surface area contributed by atoms with Crippen LogP contribution >= 0.6 is 11.8 Å². The predicted molar refractivity (Wildman–Crippen MR) is 105 cm³/mol. The molecule has 142 valence electrons. The van der Waals surface area contributed by atoms with Crippen molar-refractivity contribution in [3.63, 3.8) is 0 Å². The molecular weight excluding hydrogens is 332 g/mol. The number of aromatic nitrogens is 2. The molecule has 0 aliphatic carbocycles. The number of aliphatic hydroxyl groups excluding tert-OH is 1. The van der Waals surface area contributed by atoms with Gasteiger partial charge >= 0.3 is 0 Å². The molecule has 1 spiro atoms. The minimum Gasteiger partial charge on any atom is -0.396 e. The van der Waals surface area contributed by atoms with Crippen LogP contribution < -0.4 is 0 Å². The Balaban J connectivity index is 1.52. The summed E-state index contributed by atoms with van der Waals surface area (Å²) in [7, 11) is 0. The van der Waals surface area contributed by atoms with Gasteiger partial charge in [-0.2, -0.15) is 11.8 Å². The zero-order valence-corrected chi connectivity index (χ0v) is 16.7. The van der Waals surface area contributed by atoms with Crippen LogP contribution in [-0.2, 0) is 6.54 Å². The van der Waals surface area contributed by atoms with Gasteiger partial charge in [-0.3, -0.25) is 4.90 Å². The summed E-state index contributed by atoms with van der Waals surface area (Å²) in [5.74, 6) is 2.72. The van der Waals surface area contributed by atoms with Gasteiger partial charge in [0.15, 0.2) is 0 Å². The standard InChI is InChI=1S/C19H34N4OS/c1-16-12-20-18(21-16)14-23-10-6-19(17(13-23)15-24)4-8-22(9-5-19)7-3-11-25-2/h12,17,24H,3-11,13-15H2,1-2H3,(H,20,21)/t17-/m0/s1. The second-order valence-corrected chi connectivity index (χ2v) is 8.91. The van der Waals surface area contributed by atoms with Crippen LogP contribution in [0.1, 0.15) is 37.2 Å². The Morgan fingerprint density at radius 3 is 2.60 bits per heavy atom. The molecule has 2 fully saturated rings. The molecule has 0 unspecified atom stereocenters. The zero-order valence-electron chi connectivity index (χ0n) is 15.8. The van der Waals surface area contributed by atoms with E-state index in [0.717, 1.165) is 31.2 Å². The lowest BCUT2D eigenvalue weighted by molar-refractivity contribution is -0.0441. The van der Waals surface area contributed by atoms with E-state index in [4.69, 9.17) is 0 Å². The van der Waals surface area contributed by atoms with Crippen LogP contribution in [0.4, 0.5) is 0 Å². The van der Waals surface area contributed by atoms with Gasteiger partial charge in [-0.05, 0) is 76.2 Å². The summed E-state index contributed by atoms with van der Waals surface area (Å²) in [6, 6.07) is 0. The quantitative estimate of drug-likeness (QED) is 0.726. The molecule has 0 amide bonds. The third-order valence-corrected chi connectivity index (χ3v) is 6.99. The molecule has 0 bridgehead atoms. The number of H-pyrrole nitrogens is 1. The number of rotatable bonds is 7. The fourth-order valence-corrected chi connectivity index (χ4v) is 5.07. The first kappa shape index (κ1) is 19.2. The van der Waals surface area contributed by atoms with E-state index in [1.165, 1.54) is 51.1 Å². The topological polar surface area (TPSA) is 55.4 Å². The molecule has 6 heteroatoms. The highest BCUT2D eigenvalue weighted by Crippen LogP contribution is 2.45. The number of aliphatic hydroxyl groups is 1. The number of hydrogen-bond donors (Lipinski definition) is 2. The number of thioether (sulfide) groups is 1. The summed E-state index contributed by atoms with van der Waals surface area (Å²) in [5, 5.41) is 10.1. The van der Waals surface area contributed by atoms with Crippen molar-refractivity contribution < 1.29 is 5.11 Å². The lowest BCUT2D eigenvalue weighted by atomic mass is 9.64. The van der Waals surface area contributed by atoms with E-state index in [9.17, 15) is 5.11 Å². The highest BCUT2D eigenvalue weighted by atomic mass is 32.2. The van der Waals surface area contributed by atoms with Crippen molar-refractivity contribution in [3.05, 3.63) is 17.7 Å². The Kier molecular flexibility index (Phi) is 6.83. The van der Waals surface area contributed by atoms with Gasteiger partial charge in [0.25, 0.3) is 0 Å². The second kappa shape index (κ2) is 8.89. The molecule has 5 nitrogen and oxygen atoms in total. The molecule has 1 aromatic heterocycles. The highest BCUT2D eigenvalue weighted by molar-refractivity contribution is 7.98. The van der Waals surface area contributed by atoms with Gasteiger partial charge in [0, 0.05) is 31.0 Å². The average Bonchev–Trinajstić information content (AvgIpc) is 3.03. The van der Waals surface area contributed by atoms with Gasteiger partial charge in [-0.25, -0.2) is 4.98 Å². The van der Waals surface area contributed by atoms with Gasteiger partial charge in [-0.1, -0.05) is 0 Å². The largest absolute Gasteiger partial charge is 0.396 e. The maximum Gasteiger partial charge on any atom is 0.120 e. The molecule has 3 heterocycles. The Morgan fingerprint density at radius 2 is 2.00 bits per heavy atom. The normalized spacial score (nSPS) is 24.8. The molecule has 1 aromatic rings. The lowest BCUT2D eigenvalue weighted by Gasteiger charge is -2.51. The lowest BCUT2D eigenvalue weighted by Crippen LogP contribution is -2.53. The van der Waals surface area contributed by atoms with Crippen LogP contribution in [0.5, 0.6) is 0 Å². The van der Waals surface area contributed by atoms with Crippen molar-refractivity contribution in [3.8, 4) is 0 Å². The SMILES string of the molecule is CSCCCN1CCC2(CC1)CCN(Cc1ncc(C)[nH]1)C[C@H]2CO. The Hall–Kier alpha value is -0.560. The molecule has 0 radical (unpaired) electrons. The number of likely N-dealkylation sites (tertiary alicyclic amines) is 2. The fourth-order valence-electron chi connectivity index (χ4n) is 4.65. The third-order valence-electron chi connectivity index (χ3n) is 6.29. The van der Waals surface area contributed by atoms with Crippen molar-refractivity contribution in [2.45, 2.75) is 39.2 Å². The molecule has 3 rings (SSSR count). The first-order valence-corrected chi connectivity index (χ1v) is 11.1. The van der Waals surface area contributed by atoms with E-state index in [-0.39, 0.29) is 0 Å². The number of aromatic amines is 1. The first-order chi connectivity index (χ1) is 12.1. The highest BCUT2D eigenvalue weighted by Gasteiger charge is 2.44. The fraction of sp³-hybridized carbons (Fsp3) is 0.842. The first-order valence-electron chi connectivity index (χ1n) is 9.70. The van der Waals surface area contributed by atoms with Crippen LogP contribution in [-0.4, -0.2) is 76.2 Å². The van der Waals surface area contributed by atoms with Crippen molar-refractivity contribution in [2.75, 3.05) is 51.3 Å². The molecule has 1 atom stereocenters. The maximum absolute atomic E-state index is 10.1. The van der Waals surface area contributed by atoms with Crippen LogP contribution in [0.3, 0.4) is 0 Å². The monoisotopic (exact) mass is 366 g/mol. The molecule has 2 N–H and O–H groups in total. The van der Waals surface area contributed by atoms with Crippen LogP contribution in [0, 0.1) is 18.3 Å². The number of nitrogens with one attached hydrogen (secondary N) is 1.